The molecule has 0 aliphatic heterocycles. The van der Waals surface area contributed by atoms with E-state index in [1.54, 1.807) is 18.3 Å². The maximum absolute atomic E-state index is 11.1. The molecule has 3 nitrogen and oxygen atoms in total. The number of primary amides is 1. The Bertz CT molecular complexity index is 331. The summed E-state index contributed by atoms with van der Waals surface area (Å²) in [6, 6.07) is 3.51. The van der Waals surface area contributed by atoms with Crippen LogP contribution in [0.25, 0.3) is 0 Å². The van der Waals surface area contributed by atoms with Gasteiger partial charge >= 0.3 is 82.2 Å². The minimum atomic E-state index is -2.27. The summed E-state index contributed by atoms with van der Waals surface area (Å²) in [5.74, 6) is -0.366. The fourth-order valence-corrected chi connectivity index (χ4v) is 5.42. The molecule has 0 aliphatic carbocycles. The summed E-state index contributed by atoms with van der Waals surface area (Å²) in [5, 5.41) is 0. The molecule has 1 rings (SSSR count). The number of carbonyl (C=O) groups excluding carboxylic acids is 1. The van der Waals surface area contributed by atoms with E-state index in [2.05, 4.69) is 19.8 Å². The van der Waals surface area contributed by atoms with Crippen molar-refractivity contribution in [2.24, 2.45) is 5.73 Å². The van der Waals surface area contributed by atoms with Crippen molar-refractivity contribution >= 4 is 28.0 Å². The number of rotatable bonds is 2. The van der Waals surface area contributed by atoms with Gasteiger partial charge in [0.15, 0.2) is 0 Å². The van der Waals surface area contributed by atoms with Gasteiger partial charge in [-0.05, 0) is 0 Å². The van der Waals surface area contributed by atoms with Gasteiger partial charge in [-0.1, -0.05) is 0 Å². The van der Waals surface area contributed by atoms with Crippen LogP contribution in [0.3, 0.4) is 0 Å². The molecule has 2 N–H and O–H groups in total. The Morgan fingerprint density at radius 1 is 1.46 bits per heavy atom. The quantitative estimate of drug-likeness (QED) is 0.814. The summed E-state index contributed by atoms with van der Waals surface area (Å²) in [7, 11) is 0. The molecule has 1 heterocycles. The third kappa shape index (κ3) is 2.43. The number of pyridine rings is 1. The Hall–Kier alpha value is -0.581. The van der Waals surface area contributed by atoms with Crippen molar-refractivity contribution in [3.8, 4) is 0 Å². The minimum absolute atomic E-state index is 0.366. The van der Waals surface area contributed by atoms with Gasteiger partial charge in [0.2, 0.25) is 0 Å². The monoisotopic (exact) mass is 286 g/mol. The van der Waals surface area contributed by atoms with Crippen molar-refractivity contribution < 1.29 is 4.79 Å². The predicted molar refractivity (Wildman–Crippen MR) is 55.7 cm³/mol. The van der Waals surface area contributed by atoms with Gasteiger partial charge in [-0.2, -0.15) is 0 Å². The average Bonchev–Trinajstić information content (AvgIpc) is 2.03. The number of hydrogen-bond donors (Lipinski definition) is 1. The number of nitrogens with zero attached hydrogens (tertiary/aromatic N) is 1. The Morgan fingerprint density at radius 2 is 2.08 bits per heavy atom. The molecular weight excluding hydrogens is 271 g/mol. The van der Waals surface area contributed by atoms with E-state index in [1.807, 2.05) is 0 Å². The van der Waals surface area contributed by atoms with Crippen molar-refractivity contribution in [1.82, 2.24) is 4.98 Å². The molecule has 1 amide bonds. The fraction of sp³-hybridized carbons (Fsp3) is 0.333. The standard InChI is InChI=1S/C6H5N2O.3CH3.Sn/c7-6(9)5-2-1-3-8-4-5;;;;/h1-3H,(H2,7,9);3*1H3;. The summed E-state index contributed by atoms with van der Waals surface area (Å²) in [6.07, 6.45) is 1.73. The van der Waals surface area contributed by atoms with E-state index < -0.39 is 18.4 Å². The normalized spacial score (nSPS) is 11.3. The van der Waals surface area contributed by atoms with Crippen molar-refractivity contribution in [2.75, 3.05) is 0 Å². The number of amides is 1. The number of hydrogen-bond acceptors (Lipinski definition) is 2. The second-order valence-electron chi connectivity index (χ2n) is 4.01. The molecule has 1 aromatic heterocycles. The van der Waals surface area contributed by atoms with E-state index in [0.717, 1.165) is 3.71 Å². The first kappa shape index (κ1) is 10.5. The zero-order valence-electron chi connectivity index (χ0n) is 8.16. The van der Waals surface area contributed by atoms with Crippen LogP contribution in [0, 0.1) is 0 Å². The molecule has 0 fully saturated rings. The van der Waals surface area contributed by atoms with Gasteiger partial charge in [0, 0.05) is 0 Å². The first-order valence-corrected chi connectivity index (χ1v) is 14.2. The van der Waals surface area contributed by atoms with Gasteiger partial charge in [0.25, 0.3) is 0 Å². The van der Waals surface area contributed by atoms with Crippen molar-refractivity contribution in [3.63, 3.8) is 0 Å². The number of aromatic nitrogens is 1. The Morgan fingerprint density at radius 3 is 2.46 bits per heavy atom. The van der Waals surface area contributed by atoms with Crippen LogP contribution >= 0.6 is 0 Å². The van der Waals surface area contributed by atoms with Gasteiger partial charge in [-0.15, -0.1) is 0 Å². The second-order valence-corrected chi connectivity index (χ2v) is 18.2. The van der Waals surface area contributed by atoms with Crippen LogP contribution in [0.4, 0.5) is 0 Å². The number of carbonyl (C=O) groups is 1. The molecule has 0 bridgehead atoms. The topological polar surface area (TPSA) is 56.0 Å². The molecule has 1 aromatic rings. The molecule has 0 radical (unpaired) electrons. The van der Waals surface area contributed by atoms with E-state index in [9.17, 15) is 4.79 Å². The Kier molecular flexibility index (Phi) is 2.95. The van der Waals surface area contributed by atoms with Gasteiger partial charge in [0.1, 0.15) is 0 Å². The van der Waals surface area contributed by atoms with Gasteiger partial charge < -0.3 is 0 Å². The zero-order chi connectivity index (χ0) is 10.1. The molecule has 13 heavy (non-hydrogen) atoms. The molecule has 0 saturated heterocycles. The van der Waals surface area contributed by atoms with E-state index in [4.69, 9.17) is 5.73 Å². The van der Waals surface area contributed by atoms with Crippen LogP contribution in [-0.4, -0.2) is 29.3 Å². The third-order valence-corrected chi connectivity index (χ3v) is 6.98. The average molecular weight is 285 g/mol. The van der Waals surface area contributed by atoms with Crippen molar-refractivity contribution in [2.45, 2.75) is 14.8 Å². The van der Waals surface area contributed by atoms with Gasteiger partial charge in [-0.25, -0.2) is 0 Å². The van der Waals surface area contributed by atoms with Crippen LogP contribution in [0.5, 0.6) is 0 Å². The van der Waals surface area contributed by atoms with Crippen LogP contribution < -0.4 is 9.44 Å². The molecule has 0 unspecified atom stereocenters. The molecule has 70 valence electrons. The summed E-state index contributed by atoms with van der Waals surface area (Å²) >= 11 is -2.27. The Balaban J connectivity index is 3.28. The maximum atomic E-state index is 11.1. The number of nitrogens with two attached hydrogens (primary N) is 1. The summed E-state index contributed by atoms with van der Waals surface area (Å²) in [4.78, 5) is 22.0. The SMILES string of the molecule is [CH3][Sn]([CH3])([CH3])[c]1ncccc1C(N)=O. The van der Waals surface area contributed by atoms with Gasteiger partial charge in [-0.3, -0.25) is 0 Å². The molecule has 4 heteroatoms. The summed E-state index contributed by atoms with van der Waals surface area (Å²) < 4.78 is 0.962. The van der Waals surface area contributed by atoms with E-state index in [-0.39, 0.29) is 5.91 Å². The molecule has 0 aliphatic rings. The fourth-order valence-electron chi connectivity index (χ4n) is 1.20. The summed E-state index contributed by atoms with van der Waals surface area (Å²) in [5.41, 5.74) is 5.87. The molecule has 0 spiro atoms. The van der Waals surface area contributed by atoms with Crippen LogP contribution in [0.1, 0.15) is 10.4 Å². The summed E-state index contributed by atoms with van der Waals surface area (Å²) in [6.45, 7) is 0. The molecule has 0 aromatic carbocycles. The first-order valence-electron chi connectivity index (χ1n) is 4.18. The zero-order valence-corrected chi connectivity index (χ0v) is 11.0. The third-order valence-electron chi connectivity index (χ3n) is 1.78. The molecular formula is C9H14N2OSn. The Labute approximate surface area is 82.2 Å². The molecule has 0 atom stereocenters. The van der Waals surface area contributed by atoms with Gasteiger partial charge in [0.05, 0.1) is 0 Å². The first-order chi connectivity index (χ1) is 5.93. The van der Waals surface area contributed by atoms with Crippen LogP contribution in [-0.2, 0) is 0 Å². The molecule has 0 saturated carbocycles. The van der Waals surface area contributed by atoms with Crippen molar-refractivity contribution in [3.05, 3.63) is 23.9 Å². The van der Waals surface area contributed by atoms with E-state index in [0.29, 0.717) is 5.56 Å². The van der Waals surface area contributed by atoms with E-state index in [1.165, 1.54) is 0 Å². The predicted octanol–water partition coefficient (Wildman–Crippen LogP) is 0.726. The second kappa shape index (κ2) is 3.65. The van der Waals surface area contributed by atoms with Crippen LogP contribution in [0.2, 0.25) is 14.8 Å². The van der Waals surface area contributed by atoms with Crippen molar-refractivity contribution in [1.29, 1.82) is 0 Å². The van der Waals surface area contributed by atoms with E-state index >= 15 is 0 Å². The van der Waals surface area contributed by atoms with Crippen LogP contribution in [0.15, 0.2) is 18.3 Å².